The van der Waals surface area contributed by atoms with Crippen molar-refractivity contribution in [3.63, 3.8) is 0 Å². The van der Waals surface area contributed by atoms with Gasteiger partial charge in [-0.3, -0.25) is 14.9 Å². The highest BCUT2D eigenvalue weighted by atomic mass is 32.1. The lowest BCUT2D eigenvalue weighted by atomic mass is 10.2. The van der Waals surface area contributed by atoms with Crippen LogP contribution in [-0.4, -0.2) is 43.8 Å². The summed E-state index contributed by atoms with van der Waals surface area (Å²) in [6.07, 6.45) is 0.915. The Bertz CT molecular complexity index is 840. The molecule has 0 atom stereocenters. The van der Waals surface area contributed by atoms with Crippen molar-refractivity contribution in [2.24, 2.45) is 0 Å². The highest BCUT2D eigenvalue weighted by Gasteiger charge is 2.10. The fourth-order valence-corrected chi connectivity index (χ4v) is 2.58. The van der Waals surface area contributed by atoms with Crippen LogP contribution in [0.2, 0.25) is 0 Å². The molecule has 29 heavy (non-hydrogen) atoms. The first-order chi connectivity index (χ1) is 14.0. The van der Waals surface area contributed by atoms with Crippen LogP contribution in [0.3, 0.4) is 0 Å². The van der Waals surface area contributed by atoms with Gasteiger partial charge in [0.2, 0.25) is 0 Å². The van der Waals surface area contributed by atoms with Crippen molar-refractivity contribution >= 4 is 34.8 Å². The van der Waals surface area contributed by atoms with Gasteiger partial charge in [-0.15, -0.1) is 0 Å². The lowest BCUT2D eigenvalue weighted by Gasteiger charge is -2.11. The number of methoxy groups -OCH3 is 1. The molecule has 0 aromatic heterocycles. The maximum Gasteiger partial charge on any atom is 0.257 e. The third kappa shape index (κ3) is 7.52. The highest BCUT2D eigenvalue weighted by molar-refractivity contribution is 7.80. The number of benzene rings is 2. The molecule has 0 saturated heterocycles. The summed E-state index contributed by atoms with van der Waals surface area (Å²) in [4.78, 5) is 24.4. The minimum atomic E-state index is -0.335. The molecule has 154 valence electrons. The number of thiocarbonyl (C=S) groups is 1. The van der Waals surface area contributed by atoms with Crippen LogP contribution >= 0.6 is 12.2 Å². The molecule has 2 amide bonds. The van der Waals surface area contributed by atoms with Gasteiger partial charge in [0.25, 0.3) is 11.8 Å². The van der Waals surface area contributed by atoms with E-state index in [0.717, 1.165) is 6.42 Å². The molecule has 2 rings (SSSR count). The van der Waals surface area contributed by atoms with Crippen LogP contribution in [0.25, 0.3) is 0 Å². The minimum Gasteiger partial charge on any atom is -0.494 e. The number of carbonyl (C=O) groups is 2. The van der Waals surface area contributed by atoms with E-state index in [0.29, 0.717) is 42.3 Å². The Morgan fingerprint density at radius 2 is 1.76 bits per heavy atom. The second kappa shape index (κ2) is 11.8. The van der Waals surface area contributed by atoms with Gasteiger partial charge in [-0.25, -0.2) is 0 Å². The minimum absolute atomic E-state index is 0.137. The van der Waals surface area contributed by atoms with E-state index in [-0.39, 0.29) is 16.9 Å². The zero-order valence-corrected chi connectivity index (χ0v) is 17.3. The monoisotopic (exact) mass is 415 g/mol. The smallest absolute Gasteiger partial charge is 0.257 e. The van der Waals surface area contributed by atoms with Gasteiger partial charge in [0.15, 0.2) is 5.11 Å². The summed E-state index contributed by atoms with van der Waals surface area (Å²) in [6, 6.07) is 13.7. The SMILES string of the molecule is CCCOc1ccc(C(=O)NC(=S)Nc2cccc(C(=O)NCCOC)c2)cc1. The number of carbonyl (C=O) groups excluding carboxylic acids is 2. The number of ether oxygens (including phenoxy) is 2. The van der Waals surface area contributed by atoms with Gasteiger partial charge in [-0.2, -0.15) is 0 Å². The number of rotatable bonds is 9. The van der Waals surface area contributed by atoms with E-state index in [1.54, 1.807) is 55.6 Å². The average Bonchev–Trinajstić information content (AvgIpc) is 2.72. The molecule has 2 aromatic rings. The summed E-state index contributed by atoms with van der Waals surface area (Å²) in [6.45, 7) is 3.51. The van der Waals surface area contributed by atoms with Crippen LogP contribution in [0.4, 0.5) is 5.69 Å². The van der Waals surface area contributed by atoms with Gasteiger partial charge >= 0.3 is 0 Å². The number of amides is 2. The van der Waals surface area contributed by atoms with Gasteiger partial charge in [0, 0.05) is 30.5 Å². The Balaban J connectivity index is 1.90. The van der Waals surface area contributed by atoms with Crippen molar-refractivity contribution < 1.29 is 19.1 Å². The van der Waals surface area contributed by atoms with Crippen molar-refractivity contribution in [3.05, 3.63) is 59.7 Å². The molecule has 3 N–H and O–H groups in total. The lowest BCUT2D eigenvalue weighted by molar-refractivity contribution is 0.0935. The molecular weight excluding hydrogens is 390 g/mol. The number of anilines is 1. The topological polar surface area (TPSA) is 88.7 Å². The Hall–Kier alpha value is -2.97. The summed E-state index contributed by atoms with van der Waals surface area (Å²) in [5, 5.41) is 8.42. The maximum absolute atomic E-state index is 12.3. The molecule has 0 spiro atoms. The Kier molecular flexibility index (Phi) is 9.07. The van der Waals surface area contributed by atoms with E-state index in [1.807, 2.05) is 6.92 Å². The van der Waals surface area contributed by atoms with E-state index in [2.05, 4.69) is 16.0 Å². The molecule has 8 heteroatoms. The lowest BCUT2D eigenvalue weighted by Crippen LogP contribution is -2.34. The Labute approximate surface area is 175 Å². The van der Waals surface area contributed by atoms with Crippen LogP contribution in [0.5, 0.6) is 5.75 Å². The quantitative estimate of drug-likeness (QED) is 0.431. The molecule has 0 bridgehead atoms. The summed E-state index contributed by atoms with van der Waals surface area (Å²) in [5.41, 5.74) is 1.53. The maximum atomic E-state index is 12.3. The first-order valence-electron chi connectivity index (χ1n) is 9.26. The van der Waals surface area contributed by atoms with E-state index >= 15 is 0 Å². The van der Waals surface area contributed by atoms with Crippen LogP contribution < -0.4 is 20.7 Å². The van der Waals surface area contributed by atoms with Crippen LogP contribution in [-0.2, 0) is 4.74 Å². The number of hydrogen-bond donors (Lipinski definition) is 3. The predicted molar refractivity (Wildman–Crippen MR) is 117 cm³/mol. The van der Waals surface area contributed by atoms with Gasteiger partial charge in [-0.05, 0) is 61.1 Å². The molecule has 0 aliphatic rings. The predicted octanol–water partition coefficient (Wildman–Crippen LogP) is 2.98. The number of hydrogen-bond acceptors (Lipinski definition) is 5. The van der Waals surface area contributed by atoms with Crippen molar-refractivity contribution in [1.29, 1.82) is 0 Å². The Morgan fingerprint density at radius 1 is 1.00 bits per heavy atom. The van der Waals surface area contributed by atoms with E-state index in [1.165, 1.54) is 0 Å². The Morgan fingerprint density at radius 3 is 2.45 bits per heavy atom. The van der Waals surface area contributed by atoms with Crippen LogP contribution in [0.1, 0.15) is 34.1 Å². The normalized spacial score (nSPS) is 10.1. The molecule has 7 nitrogen and oxygen atoms in total. The second-order valence-corrected chi connectivity index (χ2v) is 6.52. The molecule has 2 aromatic carbocycles. The van der Waals surface area contributed by atoms with Gasteiger partial charge in [0.1, 0.15) is 5.75 Å². The van der Waals surface area contributed by atoms with Gasteiger partial charge in [-0.1, -0.05) is 13.0 Å². The zero-order valence-electron chi connectivity index (χ0n) is 16.5. The first-order valence-corrected chi connectivity index (χ1v) is 9.66. The molecule has 0 fully saturated rings. The molecule has 0 aliphatic heterocycles. The third-order valence-corrected chi connectivity index (χ3v) is 3.99. The largest absolute Gasteiger partial charge is 0.494 e. The van der Waals surface area contributed by atoms with Gasteiger partial charge in [0.05, 0.1) is 13.2 Å². The van der Waals surface area contributed by atoms with Crippen molar-refractivity contribution in [3.8, 4) is 5.75 Å². The van der Waals surface area contributed by atoms with E-state index in [9.17, 15) is 9.59 Å². The van der Waals surface area contributed by atoms with Crippen LogP contribution in [0, 0.1) is 0 Å². The first kappa shape index (κ1) is 22.3. The molecule has 0 unspecified atom stereocenters. The highest BCUT2D eigenvalue weighted by Crippen LogP contribution is 2.13. The fourth-order valence-electron chi connectivity index (χ4n) is 2.37. The number of nitrogens with one attached hydrogen (secondary N) is 3. The summed E-state index contributed by atoms with van der Waals surface area (Å²) >= 11 is 5.21. The van der Waals surface area contributed by atoms with Crippen molar-refractivity contribution in [2.75, 3.05) is 32.2 Å². The zero-order chi connectivity index (χ0) is 21.1. The summed E-state index contributed by atoms with van der Waals surface area (Å²) < 4.78 is 10.4. The van der Waals surface area contributed by atoms with E-state index in [4.69, 9.17) is 21.7 Å². The fraction of sp³-hybridized carbons (Fsp3) is 0.286. The molecule has 0 radical (unpaired) electrons. The van der Waals surface area contributed by atoms with Crippen molar-refractivity contribution in [2.45, 2.75) is 13.3 Å². The summed E-state index contributed by atoms with van der Waals surface area (Å²) in [7, 11) is 1.57. The molecule has 0 saturated carbocycles. The van der Waals surface area contributed by atoms with Crippen LogP contribution in [0.15, 0.2) is 48.5 Å². The third-order valence-electron chi connectivity index (χ3n) is 3.79. The van der Waals surface area contributed by atoms with E-state index < -0.39 is 0 Å². The second-order valence-electron chi connectivity index (χ2n) is 6.11. The molecule has 0 aliphatic carbocycles. The molecule has 0 heterocycles. The van der Waals surface area contributed by atoms with Gasteiger partial charge < -0.3 is 20.1 Å². The average molecular weight is 416 g/mol. The molecular formula is C21H25N3O4S. The van der Waals surface area contributed by atoms with Crippen molar-refractivity contribution in [1.82, 2.24) is 10.6 Å². The summed E-state index contributed by atoms with van der Waals surface area (Å²) in [5.74, 6) is 0.161. The standard InChI is InChI=1S/C21H25N3O4S/c1-3-12-28-18-9-7-15(8-10-18)20(26)24-21(29)23-17-6-4-5-16(14-17)19(25)22-11-13-27-2/h4-10,14H,3,11-13H2,1-2H3,(H,22,25)(H2,23,24,26,29).